The van der Waals surface area contributed by atoms with Gasteiger partial charge < -0.3 is 14.4 Å². The van der Waals surface area contributed by atoms with Crippen LogP contribution >= 0.6 is 0 Å². The second-order valence-electron chi connectivity index (χ2n) is 5.69. The molecule has 112 valence electrons. The van der Waals surface area contributed by atoms with Gasteiger partial charge in [-0.15, -0.1) is 0 Å². The van der Waals surface area contributed by atoms with E-state index >= 15 is 0 Å². The van der Waals surface area contributed by atoms with E-state index in [0.717, 1.165) is 30.5 Å². The maximum Gasteiger partial charge on any atom is 0.290 e. The first-order chi connectivity index (χ1) is 9.53. The lowest BCUT2D eigenvalue weighted by Crippen LogP contribution is -2.48. The average Bonchev–Trinajstić information content (AvgIpc) is 3.10. The molecule has 0 spiro atoms. The molecule has 20 heavy (non-hydrogen) atoms. The number of rotatable bonds is 2. The Bertz CT molecular complexity index is 456. The van der Waals surface area contributed by atoms with Crippen molar-refractivity contribution in [3.63, 3.8) is 0 Å². The third-order valence-corrected chi connectivity index (χ3v) is 4.03. The number of ether oxygens (including phenoxy) is 1. The molecule has 3 rings (SSSR count). The highest BCUT2D eigenvalue weighted by Crippen LogP contribution is 2.45. The second kappa shape index (κ2) is 5.93. The number of aryl methyl sites for hydroxylation is 1. The van der Waals surface area contributed by atoms with Crippen LogP contribution in [0.1, 0.15) is 38.1 Å². The molecule has 0 aliphatic carbocycles. The number of likely N-dealkylation sites (tertiary alicyclic amines) is 1. The normalized spacial score (nSPS) is 33.1. The fourth-order valence-corrected chi connectivity index (χ4v) is 2.87. The van der Waals surface area contributed by atoms with Crippen LogP contribution < -0.4 is 0 Å². The van der Waals surface area contributed by atoms with Crippen LogP contribution in [0.4, 0.5) is 0 Å². The van der Waals surface area contributed by atoms with Crippen LogP contribution in [0.25, 0.3) is 0 Å². The van der Waals surface area contributed by atoms with Gasteiger partial charge in [0.1, 0.15) is 11.5 Å². The molecule has 2 saturated heterocycles. The molecule has 2 fully saturated rings. The Labute approximate surface area is 118 Å². The van der Waals surface area contributed by atoms with Crippen LogP contribution in [0, 0.1) is 12.8 Å². The van der Waals surface area contributed by atoms with Gasteiger partial charge in [0.25, 0.3) is 6.47 Å². The highest BCUT2D eigenvalue weighted by atomic mass is 16.6. The third-order valence-electron chi connectivity index (χ3n) is 4.03. The average molecular weight is 282 g/mol. The number of piperidine rings is 1. The van der Waals surface area contributed by atoms with E-state index in [1.54, 1.807) is 0 Å². The topological polar surface area (TPSA) is 79.1 Å². The first kappa shape index (κ1) is 15.0. The van der Waals surface area contributed by atoms with Crippen LogP contribution in [0.3, 0.4) is 0 Å². The molecule has 2 aliphatic rings. The van der Waals surface area contributed by atoms with Gasteiger partial charge in [0, 0.05) is 18.7 Å². The predicted octanol–water partition coefficient (Wildman–Crippen LogP) is 1.99. The minimum absolute atomic E-state index is 0.250. The molecule has 6 heteroatoms. The molecule has 2 aliphatic heterocycles. The zero-order valence-electron chi connectivity index (χ0n) is 12.2. The Morgan fingerprint density at radius 2 is 2.15 bits per heavy atom. The number of hydrogen-bond acceptors (Lipinski definition) is 5. The van der Waals surface area contributed by atoms with E-state index in [0.29, 0.717) is 6.04 Å². The zero-order chi connectivity index (χ0) is 14.8. The van der Waals surface area contributed by atoms with E-state index in [1.807, 2.05) is 13.0 Å². The van der Waals surface area contributed by atoms with Crippen molar-refractivity contribution >= 4 is 6.47 Å². The van der Waals surface area contributed by atoms with Crippen molar-refractivity contribution in [2.45, 2.75) is 45.4 Å². The summed E-state index contributed by atoms with van der Waals surface area (Å²) in [4.78, 5) is 10.8. The molecule has 1 N–H and O–H groups in total. The molecule has 0 radical (unpaired) electrons. The van der Waals surface area contributed by atoms with Gasteiger partial charge in [-0.1, -0.05) is 12.1 Å². The number of carboxylic acid groups (broad SMARTS) is 1. The Balaban J connectivity index is 0.000000452. The molecule has 3 heterocycles. The Hall–Kier alpha value is -1.40. The standard InChI is InChI=1S/C13H20N2O2.CH2O2/c1-9-4-5-10(2)15(7-9)13(8-16-13)12-6-11(3)17-14-12;2-1-3/h6,9-10H,4-5,7-8H2,1-3H3;1H,(H,2,3). The van der Waals surface area contributed by atoms with Gasteiger partial charge in [-0.3, -0.25) is 9.69 Å². The third kappa shape index (κ3) is 2.86. The fraction of sp³-hybridized carbons (Fsp3) is 0.714. The van der Waals surface area contributed by atoms with Crippen molar-refractivity contribution in [2.24, 2.45) is 5.92 Å². The fourth-order valence-electron chi connectivity index (χ4n) is 2.87. The number of epoxide rings is 1. The summed E-state index contributed by atoms with van der Waals surface area (Å²) in [6.45, 7) is 8.10. The van der Waals surface area contributed by atoms with Gasteiger partial charge in [0.2, 0.25) is 0 Å². The molecular weight excluding hydrogens is 260 g/mol. The molecule has 0 amide bonds. The van der Waals surface area contributed by atoms with Crippen molar-refractivity contribution in [2.75, 3.05) is 13.2 Å². The van der Waals surface area contributed by atoms with Crippen molar-refractivity contribution < 1.29 is 19.2 Å². The molecule has 6 nitrogen and oxygen atoms in total. The van der Waals surface area contributed by atoms with Crippen molar-refractivity contribution in [1.29, 1.82) is 0 Å². The molecule has 3 unspecified atom stereocenters. The van der Waals surface area contributed by atoms with Crippen molar-refractivity contribution in [1.82, 2.24) is 10.1 Å². The minimum Gasteiger partial charge on any atom is -0.483 e. The van der Waals surface area contributed by atoms with Crippen LogP contribution in [0.15, 0.2) is 10.6 Å². The summed E-state index contributed by atoms with van der Waals surface area (Å²) >= 11 is 0. The van der Waals surface area contributed by atoms with Gasteiger partial charge in [-0.25, -0.2) is 0 Å². The Morgan fingerprint density at radius 3 is 2.65 bits per heavy atom. The number of hydrogen-bond donors (Lipinski definition) is 1. The van der Waals surface area contributed by atoms with E-state index in [4.69, 9.17) is 19.2 Å². The maximum absolute atomic E-state index is 8.36. The van der Waals surface area contributed by atoms with E-state index in [9.17, 15) is 0 Å². The van der Waals surface area contributed by atoms with Gasteiger partial charge in [-0.05, 0) is 32.6 Å². The molecule has 1 aromatic rings. The molecular formula is C14H22N2O4. The Kier molecular flexibility index (Phi) is 4.45. The van der Waals surface area contributed by atoms with Gasteiger partial charge >= 0.3 is 0 Å². The lowest BCUT2D eigenvalue weighted by atomic mass is 9.93. The van der Waals surface area contributed by atoms with E-state index < -0.39 is 0 Å². The lowest BCUT2D eigenvalue weighted by Gasteiger charge is -2.39. The van der Waals surface area contributed by atoms with E-state index in [-0.39, 0.29) is 12.2 Å². The first-order valence-electron chi connectivity index (χ1n) is 6.96. The molecule has 0 aromatic carbocycles. The lowest BCUT2D eigenvalue weighted by molar-refractivity contribution is -0.122. The van der Waals surface area contributed by atoms with Crippen LogP contribution in [0.5, 0.6) is 0 Å². The monoisotopic (exact) mass is 282 g/mol. The minimum atomic E-state index is -0.286. The maximum atomic E-state index is 8.36. The SMILES string of the molecule is Cc1cc(C2(N3CC(C)CCC3C)CO2)no1.O=CO. The molecule has 1 aromatic heterocycles. The van der Waals surface area contributed by atoms with Gasteiger partial charge in [0.05, 0.1) is 6.61 Å². The van der Waals surface area contributed by atoms with Gasteiger partial charge in [0.15, 0.2) is 5.72 Å². The summed E-state index contributed by atoms with van der Waals surface area (Å²) in [7, 11) is 0. The second-order valence-corrected chi connectivity index (χ2v) is 5.69. The zero-order valence-corrected chi connectivity index (χ0v) is 12.2. The molecule has 0 bridgehead atoms. The summed E-state index contributed by atoms with van der Waals surface area (Å²) in [6, 6.07) is 2.56. The van der Waals surface area contributed by atoms with E-state index in [2.05, 4.69) is 23.9 Å². The van der Waals surface area contributed by atoms with E-state index in [1.165, 1.54) is 12.8 Å². The first-order valence-corrected chi connectivity index (χ1v) is 6.96. The highest BCUT2D eigenvalue weighted by molar-refractivity contribution is 5.32. The van der Waals surface area contributed by atoms with Crippen LogP contribution in [-0.2, 0) is 15.3 Å². The van der Waals surface area contributed by atoms with Crippen LogP contribution in [-0.4, -0.2) is 40.8 Å². The quantitative estimate of drug-likeness (QED) is 0.660. The highest BCUT2D eigenvalue weighted by Gasteiger charge is 2.56. The van der Waals surface area contributed by atoms with Gasteiger partial charge in [-0.2, -0.15) is 0 Å². The molecule has 3 atom stereocenters. The summed E-state index contributed by atoms with van der Waals surface area (Å²) < 4.78 is 10.9. The molecule has 0 saturated carbocycles. The summed E-state index contributed by atoms with van der Waals surface area (Å²) in [5.74, 6) is 1.59. The summed E-state index contributed by atoms with van der Waals surface area (Å²) in [5, 5.41) is 11.0. The summed E-state index contributed by atoms with van der Waals surface area (Å²) in [5.41, 5.74) is 0.655. The summed E-state index contributed by atoms with van der Waals surface area (Å²) in [6.07, 6.45) is 2.55. The largest absolute Gasteiger partial charge is 0.483 e. The smallest absolute Gasteiger partial charge is 0.290 e. The number of aromatic nitrogens is 1. The number of nitrogens with zero attached hydrogens (tertiary/aromatic N) is 2. The van der Waals surface area contributed by atoms with Crippen LogP contribution in [0.2, 0.25) is 0 Å². The van der Waals surface area contributed by atoms with Crippen molar-refractivity contribution in [3.05, 3.63) is 17.5 Å². The predicted molar refractivity (Wildman–Crippen MR) is 72.1 cm³/mol. The number of carbonyl (C=O) groups is 1. The Morgan fingerprint density at radius 1 is 1.50 bits per heavy atom. The van der Waals surface area contributed by atoms with Crippen molar-refractivity contribution in [3.8, 4) is 0 Å².